The van der Waals surface area contributed by atoms with Crippen molar-refractivity contribution in [2.24, 2.45) is 5.73 Å². The zero-order valence-corrected chi connectivity index (χ0v) is 10.8. The molecule has 0 bridgehead atoms. The van der Waals surface area contributed by atoms with Crippen LogP contribution in [0.3, 0.4) is 0 Å². The third-order valence-corrected chi connectivity index (χ3v) is 3.63. The van der Waals surface area contributed by atoms with Gasteiger partial charge in [0, 0.05) is 11.8 Å². The van der Waals surface area contributed by atoms with Crippen LogP contribution in [0, 0.1) is 0 Å². The number of nitrogens with one attached hydrogen (secondary N) is 1. The minimum atomic E-state index is -0.208. The summed E-state index contributed by atoms with van der Waals surface area (Å²) in [5, 5.41) is 9.18. The van der Waals surface area contributed by atoms with Gasteiger partial charge >= 0.3 is 0 Å². The van der Waals surface area contributed by atoms with E-state index in [4.69, 9.17) is 17.3 Å². The van der Waals surface area contributed by atoms with Gasteiger partial charge in [0.25, 0.3) is 0 Å². The zero-order valence-electron chi connectivity index (χ0n) is 9.25. The second kappa shape index (κ2) is 4.64. The Hall–Kier alpha value is -1.50. The van der Waals surface area contributed by atoms with Crippen molar-refractivity contribution in [1.82, 2.24) is 15.2 Å². The molecule has 1 aliphatic rings. The third-order valence-electron chi connectivity index (χ3n) is 2.57. The number of pyridine rings is 1. The molecule has 0 saturated carbocycles. The summed E-state index contributed by atoms with van der Waals surface area (Å²) in [6.07, 6.45) is 3.57. The maximum Gasteiger partial charge on any atom is 0.136 e. The van der Waals surface area contributed by atoms with Gasteiger partial charge in [0.1, 0.15) is 16.5 Å². The summed E-state index contributed by atoms with van der Waals surface area (Å²) in [5.41, 5.74) is 7.81. The molecule has 0 aliphatic carbocycles. The van der Waals surface area contributed by atoms with Crippen LogP contribution in [0.1, 0.15) is 5.56 Å². The lowest BCUT2D eigenvalue weighted by Gasteiger charge is -2.24. The summed E-state index contributed by atoms with van der Waals surface area (Å²) in [6, 6.07) is 5.47. The molecule has 2 aromatic rings. The molecule has 0 spiro atoms. The average molecular weight is 280 g/mol. The van der Waals surface area contributed by atoms with E-state index < -0.39 is 0 Å². The van der Waals surface area contributed by atoms with Crippen molar-refractivity contribution >= 4 is 34.9 Å². The van der Waals surface area contributed by atoms with Crippen molar-refractivity contribution in [3.05, 3.63) is 46.7 Å². The number of nitrogens with zero attached hydrogens (tertiary/aromatic N) is 3. The number of hydrogen-bond donors (Lipinski definition) is 2. The molecule has 2 aromatic heterocycles. The van der Waals surface area contributed by atoms with E-state index >= 15 is 0 Å². The van der Waals surface area contributed by atoms with Gasteiger partial charge in [-0.15, -0.1) is 0 Å². The molecule has 1 unspecified atom stereocenters. The highest BCUT2D eigenvalue weighted by atomic mass is 35.5. The standard InChI is InChI=1S/C11H10ClN5S/c12-9-2-1-3-10(16-9)17-8(6-18-11(17)13)7-4-14-15-5-7/h1-6,11H,13H2,(H,14,15). The minimum absolute atomic E-state index is 0.208. The molecule has 7 heteroatoms. The second-order valence-electron chi connectivity index (χ2n) is 3.71. The molecule has 1 atom stereocenters. The van der Waals surface area contributed by atoms with E-state index in [1.807, 2.05) is 28.6 Å². The fraction of sp³-hybridized carbons (Fsp3) is 0.0909. The number of thioether (sulfide) groups is 1. The van der Waals surface area contributed by atoms with Gasteiger partial charge in [-0.2, -0.15) is 5.10 Å². The predicted octanol–water partition coefficient (Wildman–Crippen LogP) is 2.25. The molecule has 18 heavy (non-hydrogen) atoms. The van der Waals surface area contributed by atoms with Gasteiger partial charge in [-0.1, -0.05) is 29.4 Å². The van der Waals surface area contributed by atoms with Gasteiger partial charge in [-0.05, 0) is 17.5 Å². The van der Waals surface area contributed by atoms with Crippen molar-refractivity contribution in [2.45, 2.75) is 5.50 Å². The topological polar surface area (TPSA) is 70.8 Å². The molecular weight excluding hydrogens is 270 g/mol. The number of hydrogen-bond acceptors (Lipinski definition) is 5. The molecule has 3 rings (SSSR count). The molecule has 3 N–H and O–H groups in total. The van der Waals surface area contributed by atoms with Crippen LogP contribution in [0.5, 0.6) is 0 Å². The number of nitrogens with two attached hydrogens (primary N) is 1. The number of anilines is 1. The largest absolute Gasteiger partial charge is 0.302 e. The van der Waals surface area contributed by atoms with Crippen molar-refractivity contribution in [1.29, 1.82) is 0 Å². The fourth-order valence-corrected chi connectivity index (χ4v) is 2.79. The van der Waals surface area contributed by atoms with Crippen LogP contribution < -0.4 is 10.6 Å². The summed E-state index contributed by atoms with van der Waals surface area (Å²) in [4.78, 5) is 6.22. The average Bonchev–Trinajstić information content (AvgIpc) is 2.97. The first-order valence-corrected chi connectivity index (χ1v) is 6.60. The third kappa shape index (κ3) is 1.98. The Morgan fingerprint density at radius 2 is 2.33 bits per heavy atom. The Morgan fingerprint density at radius 1 is 1.44 bits per heavy atom. The van der Waals surface area contributed by atoms with E-state index in [9.17, 15) is 0 Å². The van der Waals surface area contributed by atoms with Crippen LogP contribution in [0.2, 0.25) is 5.15 Å². The van der Waals surface area contributed by atoms with Gasteiger partial charge in [0.2, 0.25) is 0 Å². The van der Waals surface area contributed by atoms with Crippen LogP contribution in [0.25, 0.3) is 5.70 Å². The monoisotopic (exact) mass is 279 g/mol. The molecular formula is C11H10ClN5S. The van der Waals surface area contributed by atoms with Crippen molar-refractivity contribution in [3.8, 4) is 0 Å². The Kier molecular flexibility index (Phi) is 2.99. The maximum atomic E-state index is 6.08. The number of rotatable bonds is 2. The molecule has 1 aliphatic heterocycles. The van der Waals surface area contributed by atoms with E-state index in [1.165, 1.54) is 11.8 Å². The summed E-state index contributed by atoms with van der Waals surface area (Å²) in [7, 11) is 0. The first kappa shape index (κ1) is 11.6. The number of aromatic amines is 1. The maximum absolute atomic E-state index is 6.08. The van der Waals surface area contributed by atoms with Crippen molar-refractivity contribution in [3.63, 3.8) is 0 Å². The Labute approximate surface area is 113 Å². The highest BCUT2D eigenvalue weighted by molar-refractivity contribution is 8.03. The summed E-state index contributed by atoms with van der Waals surface area (Å²) in [6.45, 7) is 0. The molecule has 0 amide bonds. The van der Waals surface area contributed by atoms with Crippen LogP contribution in [-0.4, -0.2) is 20.7 Å². The molecule has 0 radical (unpaired) electrons. The number of aromatic nitrogens is 3. The predicted molar refractivity (Wildman–Crippen MR) is 73.9 cm³/mol. The van der Waals surface area contributed by atoms with Gasteiger partial charge in [-0.3, -0.25) is 10.00 Å². The van der Waals surface area contributed by atoms with E-state index in [0.717, 1.165) is 17.1 Å². The van der Waals surface area contributed by atoms with Crippen LogP contribution in [0.15, 0.2) is 36.0 Å². The zero-order chi connectivity index (χ0) is 12.5. The molecule has 3 heterocycles. The van der Waals surface area contributed by atoms with Crippen LogP contribution >= 0.6 is 23.4 Å². The first-order valence-electron chi connectivity index (χ1n) is 5.28. The normalized spacial score (nSPS) is 19.1. The highest BCUT2D eigenvalue weighted by Crippen LogP contribution is 2.37. The molecule has 92 valence electrons. The van der Waals surface area contributed by atoms with Crippen molar-refractivity contribution in [2.75, 3.05) is 4.90 Å². The Balaban J connectivity index is 2.01. The second-order valence-corrected chi connectivity index (χ2v) is 5.08. The Morgan fingerprint density at radius 3 is 3.06 bits per heavy atom. The van der Waals surface area contributed by atoms with Gasteiger partial charge in [0.15, 0.2) is 0 Å². The lowest BCUT2D eigenvalue weighted by Crippen LogP contribution is -2.35. The molecule has 5 nitrogen and oxygen atoms in total. The van der Waals surface area contributed by atoms with Gasteiger partial charge in [0.05, 0.1) is 11.9 Å². The summed E-state index contributed by atoms with van der Waals surface area (Å²) < 4.78 is 0. The van der Waals surface area contributed by atoms with E-state index in [2.05, 4.69) is 15.2 Å². The molecule has 0 fully saturated rings. The lowest BCUT2D eigenvalue weighted by atomic mass is 10.2. The van der Waals surface area contributed by atoms with Gasteiger partial charge < -0.3 is 5.73 Å². The smallest absolute Gasteiger partial charge is 0.136 e. The van der Waals surface area contributed by atoms with E-state index in [1.54, 1.807) is 12.3 Å². The number of H-pyrrole nitrogens is 1. The first-order chi connectivity index (χ1) is 8.75. The molecule has 0 saturated heterocycles. The van der Waals surface area contributed by atoms with Crippen molar-refractivity contribution < 1.29 is 0 Å². The van der Waals surface area contributed by atoms with E-state index in [-0.39, 0.29) is 5.50 Å². The van der Waals surface area contributed by atoms with Crippen LogP contribution in [0.4, 0.5) is 5.82 Å². The quantitative estimate of drug-likeness (QED) is 0.825. The minimum Gasteiger partial charge on any atom is -0.302 e. The highest BCUT2D eigenvalue weighted by Gasteiger charge is 2.27. The molecule has 0 aromatic carbocycles. The van der Waals surface area contributed by atoms with E-state index in [0.29, 0.717) is 5.15 Å². The SMILES string of the molecule is NC1SC=C(c2cn[nH]c2)N1c1cccc(Cl)n1. The van der Waals surface area contributed by atoms with Gasteiger partial charge in [-0.25, -0.2) is 4.98 Å². The number of halogens is 1. The summed E-state index contributed by atoms with van der Waals surface area (Å²) >= 11 is 7.45. The summed E-state index contributed by atoms with van der Waals surface area (Å²) in [5.74, 6) is 0.729. The lowest BCUT2D eigenvalue weighted by molar-refractivity contribution is 0.917. The Bertz CT molecular complexity index is 583. The van der Waals surface area contributed by atoms with Crippen LogP contribution in [-0.2, 0) is 0 Å². The fourth-order valence-electron chi connectivity index (χ4n) is 1.77.